The van der Waals surface area contributed by atoms with Crippen molar-refractivity contribution in [3.63, 3.8) is 0 Å². The van der Waals surface area contributed by atoms with Crippen LogP contribution >= 0.6 is 11.6 Å². The molecule has 0 bridgehead atoms. The highest BCUT2D eigenvalue weighted by molar-refractivity contribution is 6.30. The number of fused-ring (bicyclic) bond motifs is 2. The molecule has 2 aliphatic rings. The number of urea groups is 1. The minimum Gasteiger partial charge on any atom is -0.379 e. The maximum absolute atomic E-state index is 12.8. The fourth-order valence-corrected chi connectivity index (χ4v) is 5.65. The summed E-state index contributed by atoms with van der Waals surface area (Å²) in [6.07, 6.45) is 7.22. The summed E-state index contributed by atoms with van der Waals surface area (Å²) in [6.45, 7) is 10.4. The van der Waals surface area contributed by atoms with E-state index in [1.807, 2.05) is 79.9 Å². The van der Waals surface area contributed by atoms with E-state index in [1.54, 1.807) is 19.4 Å². The van der Waals surface area contributed by atoms with Gasteiger partial charge in [-0.15, -0.1) is 0 Å². The van der Waals surface area contributed by atoms with Crippen LogP contribution in [0.5, 0.6) is 0 Å². The summed E-state index contributed by atoms with van der Waals surface area (Å²) in [5.41, 5.74) is 3.54. The van der Waals surface area contributed by atoms with Crippen molar-refractivity contribution in [2.75, 3.05) is 26.2 Å². The number of piperazine rings is 1. The number of imidazole rings is 1. The van der Waals surface area contributed by atoms with E-state index in [0.717, 1.165) is 28.0 Å². The first-order chi connectivity index (χ1) is 18.0. The van der Waals surface area contributed by atoms with E-state index >= 15 is 0 Å². The molecule has 1 fully saturated rings. The number of halogens is 1. The van der Waals surface area contributed by atoms with Gasteiger partial charge in [0.05, 0.1) is 30.0 Å². The Morgan fingerprint density at radius 2 is 1.87 bits per heavy atom. The van der Waals surface area contributed by atoms with E-state index in [1.165, 1.54) is 0 Å². The number of amides is 2. The minimum atomic E-state index is -1.34. The van der Waals surface area contributed by atoms with Gasteiger partial charge in [0.1, 0.15) is 5.60 Å². The molecule has 2 N–H and O–H groups in total. The van der Waals surface area contributed by atoms with Crippen LogP contribution in [0.15, 0.2) is 49.1 Å². The summed E-state index contributed by atoms with van der Waals surface area (Å²) in [5.74, 6) is 0. The number of pyridine rings is 1. The minimum absolute atomic E-state index is 0.0418. The Hall–Kier alpha value is -3.20. The van der Waals surface area contributed by atoms with Crippen LogP contribution in [0.3, 0.4) is 0 Å². The Balaban J connectivity index is 1.57. The molecule has 0 radical (unpaired) electrons. The van der Waals surface area contributed by atoms with E-state index in [9.17, 15) is 9.90 Å². The van der Waals surface area contributed by atoms with E-state index in [2.05, 4.69) is 15.2 Å². The number of aromatic nitrogens is 3. The van der Waals surface area contributed by atoms with Crippen LogP contribution in [0.25, 0.3) is 11.6 Å². The second-order valence-electron chi connectivity index (χ2n) is 11.3. The molecular weight excluding hydrogens is 500 g/mol. The highest BCUT2D eigenvalue weighted by Crippen LogP contribution is 2.46. The molecule has 200 valence electrons. The van der Waals surface area contributed by atoms with Gasteiger partial charge in [-0.2, -0.15) is 0 Å². The van der Waals surface area contributed by atoms with E-state index in [0.29, 0.717) is 36.9 Å². The summed E-state index contributed by atoms with van der Waals surface area (Å²) in [5, 5.41) is 15.7. The van der Waals surface area contributed by atoms with Crippen molar-refractivity contribution in [3.8, 4) is 0 Å². The van der Waals surface area contributed by atoms with Gasteiger partial charge in [-0.25, -0.2) is 9.78 Å². The lowest BCUT2D eigenvalue weighted by molar-refractivity contribution is 0.112. The van der Waals surface area contributed by atoms with Crippen LogP contribution in [0.4, 0.5) is 4.79 Å². The third-order valence-corrected chi connectivity index (χ3v) is 7.55. The van der Waals surface area contributed by atoms with Crippen LogP contribution in [0.2, 0.25) is 5.02 Å². The second kappa shape index (κ2) is 9.84. The number of nitrogens with zero attached hydrogens (tertiary/aromatic N) is 5. The average Bonchev–Trinajstić information content (AvgIpc) is 3.24. The zero-order valence-corrected chi connectivity index (χ0v) is 23.3. The number of hydrogen-bond acceptors (Lipinski definition) is 5. The van der Waals surface area contributed by atoms with Gasteiger partial charge in [0.25, 0.3) is 0 Å². The van der Waals surface area contributed by atoms with Crippen LogP contribution in [-0.2, 0) is 12.6 Å². The first kappa shape index (κ1) is 26.4. The smallest absolute Gasteiger partial charge is 0.317 e. The van der Waals surface area contributed by atoms with Crippen molar-refractivity contribution in [1.29, 1.82) is 0 Å². The Bertz CT molecular complexity index is 1380. The number of hydrogen-bond donors (Lipinski definition) is 2. The van der Waals surface area contributed by atoms with Crippen molar-refractivity contribution >= 4 is 29.3 Å². The average molecular weight is 535 g/mol. The quantitative estimate of drug-likeness (QED) is 0.518. The zero-order chi connectivity index (χ0) is 27.2. The molecule has 1 saturated heterocycles. The first-order valence-corrected chi connectivity index (χ1v) is 13.3. The topological polar surface area (TPSA) is 86.5 Å². The Morgan fingerprint density at radius 1 is 1.13 bits per heavy atom. The third kappa shape index (κ3) is 4.96. The molecule has 38 heavy (non-hydrogen) atoms. The predicted octanol–water partition coefficient (Wildman–Crippen LogP) is 4.45. The number of nitrogens with one attached hydrogen (secondary N) is 1. The number of carbonyl (C=O) groups is 1. The summed E-state index contributed by atoms with van der Waals surface area (Å²) in [6, 6.07) is 9.61. The number of aliphatic hydroxyl groups is 1. The number of aryl methyl sites for hydroxylation is 1. The first-order valence-electron chi connectivity index (χ1n) is 12.9. The summed E-state index contributed by atoms with van der Waals surface area (Å²) < 4.78 is 1.83. The Labute approximate surface area is 229 Å². The lowest BCUT2D eigenvalue weighted by Gasteiger charge is -2.40. The van der Waals surface area contributed by atoms with Crippen molar-refractivity contribution < 1.29 is 9.90 Å². The normalized spacial score (nSPS) is 19.6. The number of rotatable bonds is 3. The molecule has 3 aromatic rings. The van der Waals surface area contributed by atoms with Gasteiger partial charge >= 0.3 is 6.03 Å². The van der Waals surface area contributed by atoms with Crippen LogP contribution < -0.4 is 5.32 Å². The summed E-state index contributed by atoms with van der Waals surface area (Å²) in [4.78, 5) is 26.1. The van der Waals surface area contributed by atoms with Gasteiger partial charge in [0.15, 0.2) is 0 Å². The molecule has 8 nitrogen and oxygen atoms in total. The Kier molecular flexibility index (Phi) is 6.84. The lowest BCUT2D eigenvalue weighted by Crippen LogP contribution is -2.55. The van der Waals surface area contributed by atoms with E-state index < -0.39 is 5.60 Å². The molecule has 5 rings (SSSR count). The number of carbonyl (C=O) groups excluding carboxylic acids is 1. The standard InChI is InChI=1S/C29H35ClN6O2/c1-28(2,3)33-27(37)36-13-11-35(12-14-36)26-21-9-8-20(30)16-22(21)23(15-19-7-6-10-32-25(19)26)29(4,38)24-17-31-18-34(24)5/h6-10,15-18,26,38H,11-14H2,1-5H3,(H,33,37)/t26-,29+/m0/s1. The van der Waals surface area contributed by atoms with Gasteiger partial charge < -0.3 is 19.9 Å². The molecule has 3 heterocycles. The van der Waals surface area contributed by atoms with Crippen molar-refractivity contribution in [2.24, 2.45) is 7.05 Å². The SMILES string of the molecule is Cn1cncc1[C@](C)(O)C1=Cc2cccnc2[C@@H](N2CCN(C(=O)NC(C)(C)C)CC2)c2ccc(Cl)cc21. The fraction of sp³-hybridized carbons (Fsp3) is 0.414. The molecule has 0 spiro atoms. The third-order valence-electron chi connectivity index (χ3n) is 7.32. The molecule has 1 aliphatic carbocycles. The molecular formula is C29H35ClN6O2. The van der Waals surface area contributed by atoms with Gasteiger partial charge in [-0.05, 0) is 74.2 Å². The van der Waals surface area contributed by atoms with Gasteiger partial charge in [0.2, 0.25) is 0 Å². The van der Waals surface area contributed by atoms with Crippen LogP contribution in [-0.4, -0.2) is 67.2 Å². The lowest BCUT2D eigenvalue weighted by atomic mass is 9.84. The summed E-state index contributed by atoms with van der Waals surface area (Å²) in [7, 11) is 1.88. The van der Waals surface area contributed by atoms with Crippen LogP contribution in [0, 0.1) is 0 Å². The molecule has 2 amide bonds. The van der Waals surface area contributed by atoms with E-state index in [4.69, 9.17) is 16.6 Å². The fourth-order valence-electron chi connectivity index (χ4n) is 5.48. The largest absolute Gasteiger partial charge is 0.379 e. The van der Waals surface area contributed by atoms with Crippen molar-refractivity contribution in [1.82, 2.24) is 29.7 Å². The molecule has 1 aliphatic heterocycles. The number of benzene rings is 1. The van der Waals surface area contributed by atoms with Gasteiger partial charge in [0, 0.05) is 50.0 Å². The molecule has 2 aromatic heterocycles. The van der Waals surface area contributed by atoms with Crippen molar-refractivity contribution in [2.45, 2.75) is 44.9 Å². The molecule has 2 atom stereocenters. The zero-order valence-electron chi connectivity index (χ0n) is 22.6. The second-order valence-corrected chi connectivity index (χ2v) is 11.8. The summed E-state index contributed by atoms with van der Waals surface area (Å²) >= 11 is 6.55. The van der Waals surface area contributed by atoms with Crippen LogP contribution in [0.1, 0.15) is 61.8 Å². The molecule has 9 heteroatoms. The molecule has 1 aromatic carbocycles. The monoisotopic (exact) mass is 534 g/mol. The Morgan fingerprint density at radius 3 is 2.53 bits per heavy atom. The predicted molar refractivity (Wildman–Crippen MR) is 150 cm³/mol. The van der Waals surface area contributed by atoms with Crippen molar-refractivity contribution in [3.05, 3.63) is 82.2 Å². The maximum Gasteiger partial charge on any atom is 0.317 e. The molecule has 0 saturated carbocycles. The highest BCUT2D eigenvalue weighted by atomic mass is 35.5. The van der Waals surface area contributed by atoms with Gasteiger partial charge in [-0.3, -0.25) is 9.88 Å². The van der Waals surface area contributed by atoms with E-state index in [-0.39, 0.29) is 17.6 Å². The molecule has 0 unspecified atom stereocenters. The van der Waals surface area contributed by atoms with Gasteiger partial charge in [-0.1, -0.05) is 23.7 Å². The maximum atomic E-state index is 12.8. The highest BCUT2D eigenvalue weighted by Gasteiger charge is 2.39.